The Kier molecular flexibility index (Phi) is 3.60. The van der Waals surface area contributed by atoms with E-state index < -0.39 is 0 Å². The highest BCUT2D eigenvalue weighted by molar-refractivity contribution is 5.77. The lowest BCUT2D eigenvalue weighted by Gasteiger charge is -2.18. The van der Waals surface area contributed by atoms with Crippen LogP contribution >= 0.6 is 0 Å². The Hall–Kier alpha value is -2.36. The van der Waals surface area contributed by atoms with E-state index in [1.54, 1.807) is 4.57 Å². The van der Waals surface area contributed by atoms with Gasteiger partial charge < -0.3 is 0 Å². The largest absolute Gasteiger partial charge is 0.330 e. The number of benzene rings is 1. The fraction of sp³-hybridized carbons (Fsp3) is 0.429. The van der Waals surface area contributed by atoms with Crippen LogP contribution < -0.4 is 5.69 Å². The number of rotatable bonds is 3. The van der Waals surface area contributed by atoms with Gasteiger partial charge in [-0.25, -0.2) is 9.78 Å². The van der Waals surface area contributed by atoms with Crippen molar-refractivity contribution in [3.63, 3.8) is 0 Å². The minimum Gasteiger partial charge on any atom is -0.290 e. The maximum absolute atomic E-state index is 12.7. The number of aryl methyl sites for hydroxylation is 1. The van der Waals surface area contributed by atoms with Crippen molar-refractivity contribution >= 4 is 11.2 Å². The number of aromatic nitrogens is 3. The summed E-state index contributed by atoms with van der Waals surface area (Å²) in [6, 6.07) is 12.6. The molecule has 1 fully saturated rings. The quantitative estimate of drug-likeness (QED) is 0.715. The highest BCUT2D eigenvalue weighted by Crippen LogP contribution is 2.44. The van der Waals surface area contributed by atoms with Gasteiger partial charge in [0, 0.05) is 19.2 Å². The van der Waals surface area contributed by atoms with Crippen LogP contribution in [0.5, 0.6) is 0 Å². The molecule has 1 aliphatic carbocycles. The van der Waals surface area contributed by atoms with Crippen molar-refractivity contribution in [3.05, 3.63) is 52.4 Å². The van der Waals surface area contributed by atoms with E-state index in [0.29, 0.717) is 12.5 Å². The predicted molar refractivity (Wildman–Crippen MR) is 102 cm³/mol. The first-order valence-electron chi connectivity index (χ1n) is 9.01. The number of fused-ring (bicyclic) bond motifs is 1. The van der Waals surface area contributed by atoms with E-state index in [1.165, 1.54) is 24.0 Å². The van der Waals surface area contributed by atoms with Crippen molar-refractivity contribution in [3.8, 4) is 11.3 Å². The lowest BCUT2D eigenvalue weighted by molar-refractivity contribution is 0.342. The summed E-state index contributed by atoms with van der Waals surface area (Å²) in [6.07, 6.45) is 2.53. The molecule has 0 N–H and O–H groups in total. The van der Waals surface area contributed by atoms with Gasteiger partial charge in [-0.3, -0.25) is 9.13 Å². The summed E-state index contributed by atoms with van der Waals surface area (Å²) in [5.74, 6) is 0.669. The summed E-state index contributed by atoms with van der Waals surface area (Å²) in [4.78, 5) is 17.6. The third-order valence-electron chi connectivity index (χ3n) is 4.87. The predicted octanol–water partition coefficient (Wildman–Crippen LogP) is 4.33. The van der Waals surface area contributed by atoms with E-state index in [9.17, 15) is 4.79 Å². The number of hydrogen-bond donors (Lipinski definition) is 0. The van der Waals surface area contributed by atoms with Crippen molar-refractivity contribution in [2.45, 2.75) is 46.1 Å². The maximum atomic E-state index is 12.7. The fourth-order valence-electron chi connectivity index (χ4n) is 3.53. The van der Waals surface area contributed by atoms with E-state index in [2.05, 4.69) is 57.2 Å². The molecule has 1 saturated carbocycles. The molecule has 0 saturated heterocycles. The van der Waals surface area contributed by atoms with Gasteiger partial charge in [-0.2, -0.15) is 0 Å². The first-order chi connectivity index (χ1) is 11.8. The Labute approximate surface area is 148 Å². The third-order valence-corrected chi connectivity index (χ3v) is 4.87. The van der Waals surface area contributed by atoms with Crippen LogP contribution in [0.1, 0.15) is 45.1 Å². The Morgan fingerprint density at radius 2 is 1.84 bits per heavy atom. The molecule has 25 heavy (non-hydrogen) atoms. The standard InChI is InChI=1S/C21H25N3O/c1-21(2,3)13-24-18-12-11-17(22-19(18)23(4)20(24)25)16-8-6-5-7-15(16)14-9-10-14/h5-8,11-12,14H,9-10,13H2,1-4H3. The SMILES string of the molecule is Cn1c(=O)n(CC(C)(C)C)c2ccc(-c3ccccc3C3CC3)nc21. The second-order valence-corrected chi connectivity index (χ2v) is 8.39. The molecule has 130 valence electrons. The van der Waals surface area contributed by atoms with E-state index >= 15 is 0 Å². The second-order valence-electron chi connectivity index (χ2n) is 8.39. The average molecular weight is 335 g/mol. The molecule has 1 aromatic carbocycles. The van der Waals surface area contributed by atoms with Crippen LogP contribution in [-0.2, 0) is 13.6 Å². The van der Waals surface area contributed by atoms with E-state index in [-0.39, 0.29) is 11.1 Å². The minimum atomic E-state index is 0.00468. The molecule has 0 unspecified atom stereocenters. The zero-order valence-electron chi connectivity index (χ0n) is 15.4. The molecule has 4 heteroatoms. The Balaban J connectivity index is 1.87. The van der Waals surface area contributed by atoms with Crippen LogP contribution in [0.2, 0.25) is 0 Å². The molecule has 2 aromatic heterocycles. The summed E-state index contributed by atoms with van der Waals surface area (Å²) in [7, 11) is 1.81. The lowest BCUT2D eigenvalue weighted by Crippen LogP contribution is -2.27. The minimum absolute atomic E-state index is 0.00468. The molecule has 2 heterocycles. The normalized spacial score (nSPS) is 15.0. The van der Waals surface area contributed by atoms with Gasteiger partial charge in [-0.15, -0.1) is 0 Å². The Morgan fingerprint density at radius 3 is 2.52 bits per heavy atom. The van der Waals surface area contributed by atoms with Crippen molar-refractivity contribution in [2.75, 3.05) is 0 Å². The number of imidazole rings is 1. The molecule has 0 aliphatic heterocycles. The second kappa shape index (κ2) is 5.58. The van der Waals surface area contributed by atoms with Gasteiger partial charge in [0.25, 0.3) is 0 Å². The summed E-state index contributed by atoms with van der Waals surface area (Å²) in [6.45, 7) is 7.12. The van der Waals surface area contributed by atoms with Crippen molar-refractivity contribution in [2.24, 2.45) is 12.5 Å². The first kappa shape index (κ1) is 16.1. The Morgan fingerprint density at radius 1 is 1.12 bits per heavy atom. The molecule has 3 aromatic rings. The highest BCUT2D eigenvalue weighted by Gasteiger charge is 2.26. The topological polar surface area (TPSA) is 39.8 Å². The van der Waals surface area contributed by atoms with Gasteiger partial charge in [0.05, 0.1) is 11.2 Å². The van der Waals surface area contributed by atoms with Crippen LogP contribution in [0, 0.1) is 5.41 Å². The van der Waals surface area contributed by atoms with E-state index in [0.717, 1.165) is 16.9 Å². The van der Waals surface area contributed by atoms with Crippen LogP contribution in [0.3, 0.4) is 0 Å². The molecule has 4 rings (SSSR count). The van der Waals surface area contributed by atoms with Crippen LogP contribution in [-0.4, -0.2) is 14.1 Å². The van der Waals surface area contributed by atoms with Crippen LogP contribution in [0.15, 0.2) is 41.2 Å². The number of hydrogen-bond acceptors (Lipinski definition) is 2. The molecule has 1 aliphatic rings. The average Bonchev–Trinajstić information content (AvgIpc) is 3.39. The molecule has 4 nitrogen and oxygen atoms in total. The van der Waals surface area contributed by atoms with Crippen molar-refractivity contribution < 1.29 is 0 Å². The number of pyridine rings is 1. The summed E-state index contributed by atoms with van der Waals surface area (Å²) in [5.41, 5.74) is 5.25. The zero-order valence-corrected chi connectivity index (χ0v) is 15.4. The van der Waals surface area contributed by atoms with Gasteiger partial charge in [-0.05, 0) is 41.9 Å². The highest BCUT2D eigenvalue weighted by atomic mass is 16.1. The van der Waals surface area contributed by atoms with Crippen molar-refractivity contribution in [1.82, 2.24) is 14.1 Å². The van der Waals surface area contributed by atoms with Crippen LogP contribution in [0.25, 0.3) is 22.4 Å². The maximum Gasteiger partial charge on any atom is 0.330 e. The van der Waals surface area contributed by atoms with E-state index in [1.807, 2.05) is 11.6 Å². The molecule has 0 amide bonds. The Bertz CT molecular complexity index is 1000. The molecule has 0 spiro atoms. The van der Waals surface area contributed by atoms with Gasteiger partial charge in [-0.1, -0.05) is 45.0 Å². The summed E-state index contributed by atoms with van der Waals surface area (Å²) in [5, 5.41) is 0. The molecule has 0 atom stereocenters. The monoisotopic (exact) mass is 335 g/mol. The molecule has 0 bridgehead atoms. The van der Waals surface area contributed by atoms with Gasteiger partial charge in [0.15, 0.2) is 5.65 Å². The molecule has 0 radical (unpaired) electrons. The summed E-state index contributed by atoms with van der Waals surface area (Å²) >= 11 is 0. The number of nitrogens with zero attached hydrogens (tertiary/aromatic N) is 3. The zero-order chi connectivity index (χ0) is 17.8. The smallest absolute Gasteiger partial charge is 0.290 e. The van der Waals surface area contributed by atoms with Gasteiger partial charge in [0.1, 0.15) is 0 Å². The van der Waals surface area contributed by atoms with Gasteiger partial charge >= 0.3 is 5.69 Å². The fourth-order valence-corrected chi connectivity index (χ4v) is 3.53. The van der Waals surface area contributed by atoms with E-state index in [4.69, 9.17) is 4.98 Å². The molecular weight excluding hydrogens is 310 g/mol. The van der Waals surface area contributed by atoms with Gasteiger partial charge in [0.2, 0.25) is 0 Å². The summed E-state index contributed by atoms with van der Waals surface area (Å²) < 4.78 is 3.52. The van der Waals surface area contributed by atoms with Crippen LogP contribution in [0.4, 0.5) is 0 Å². The third kappa shape index (κ3) is 2.90. The van der Waals surface area contributed by atoms with Crippen molar-refractivity contribution in [1.29, 1.82) is 0 Å². The molecular formula is C21H25N3O. The lowest BCUT2D eigenvalue weighted by atomic mass is 9.97. The first-order valence-corrected chi connectivity index (χ1v) is 9.01.